The highest BCUT2D eigenvalue weighted by molar-refractivity contribution is 5.66. The van der Waals surface area contributed by atoms with Gasteiger partial charge >= 0.3 is 6.09 Å². The van der Waals surface area contributed by atoms with Gasteiger partial charge in [0.25, 0.3) is 0 Å². The van der Waals surface area contributed by atoms with Crippen LogP contribution in [0.4, 0.5) is 4.79 Å². The molecule has 0 aromatic carbocycles. The molecule has 13 heavy (non-hydrogen) atoms. The monoisotopic (exact) mass is 186 g/mol. The number of carbonyl (C=O) groups excluding carboxylic acids is 1. The zero-order chi connectivity index (χ0) is 9.68. The first-order valence-corrected chi connectivity index (χ1v) is 4.74. The van der Waals surface area contributed by atoms with Crippen molar-refractivity contribution in [3.63, 3.8) is 0 Å². The Labute approximate surface area is 79.2 Å². The van der Waals surface area contributed by atoms with Crippen LogP contribution in [0.25, 0.3) is 0 Å². The molecule has 1 fully saturated rings. The van der Waals surface area contributed by atoms with Gasteiger partial charge in [-0.05, 0) is 31.8 Å². The molecular formula is C9H18N2O2. The third-order valence-electron chi connectivity index (χ3n) is 2.48. The van der Waals surface area contributed by atoms with Crippen LogP contribution in [0.15, 0.2) is 0 Å². The second-order valence-electron chi connectivity index (χ2n) is 3.54. The Balaban J connectivity index is 2.25. The molecule has 1 N–H and O–H groups in total. The standard InChI is InChI=1S/C9H18N2O2/c1-11(9(12)13-2)7-8-3-5-10-6-4-8/h8,10H,3-7H2,1-2H3. The molecule has 0 spiro atoms. The van der Waals surface area contributed by atoms with Crippen LogP contribution >= 0.6 is 0 Å². The Bertz CT molecular complexity index is 167. The Morgan fingerprint density at radius 1 is 1.54 bits per heavy atom. The highest BCUT2D eigenvalue weighted by Gasteiger charge is 2.17. The highest BCUT2D eigenvalue weighted by Crippen LogP contribution is 2.12. The average Bonchev–Trinajstić information content (AvgIpc) is 2.18. The van der Waals surface area contributed by atoms with E-state index in [-0.39, 0.29) is 6.09 Å². The number of hydrogen-bond donors (Lipinski definition) is 1. The van der Waals surface area contributed by atoms with Gasteiger partial charge in [-0.15, -0.1) is 0 Å². The normalized spacial score (nSPS) is 18.3. The summed E-state index contributed by atoms with van der Waals surface area (Å²) in [5.74, 6) is 0.630. The van der Waals surface area contributed by atoms with Crippen molar-refractivity contribution < 1.29 is 9.53 Å². The topological polar surface area (TPSA) is 41.6 Å². The van der Waals surface area contributed by atoms with Crippen molar-refractivity contribution in [1.29, 1.82) is 0 Å². The fraction of sp³-hybridized carbons (Fsp3) is 0.889. The van der Waals surface area contributed by atoms with Crippen LogP contribution < -0.4 is 5.32 Å². The third-order valence-corrected chi connectivity index (χ3v) is 2.48. The Hall–Kier alpha value is -0.770. The van der Waals surface area contributed by atoms with Crippen molar-refractivity contribution in [2.24, 2.45) is 5.92 Å². The average molecular weight is 186 g/mol. The maximum Gasteiger partial charge on any atom is 0.409 e. The summed E-state index contributed by atoms with van der Waals surface area (Å²) in [5.41, 5.74) is 0. The van der Waals surface area contributed by atoms with Crippen LogP contribution in [-0.4, -0.2) is 44.8 Å². The summed E-state index contributed by atoms with van der Waals surface area (Å²) >= 11 is 0. The van der Waals surface area contributed by atoms with Crippen LogP contribution in [0.1, 0.15) is 12.8 Å². The van der Waals surface area contributed by atoms with Crippen molar-refractivity contribution in [1.82, 2.24) is 10.2 Å². The number of nitrogens with one attached hydrogen (secondary N) is 1. The van der Waals surface area contributed by atoms with E-state index in [1.54, 1.807) is 11.9 Å². The summed E-state index contributed by atoms with van der Waals surface area (Å²) in [7, 11) is 3.20. The minimum Gasteiger partial charge on any atom is -0.453 e. The molecule has 0 aromatic heterocycles. The molecule has 1 saturated heterocycles. The van der Waals surface area contributed by atoms with E-state index in [4.69, 9.17) is 0 Å². The fourth-order valence-electron chi connectivity index (χ4n) is 1.68. The predicted molar refractivity (Wildman–Crippen MR) is 50.6 cm³/mol. The molecular weight excluding hydrogens is 168 g/mol. The molecule has 0 aromatic rings. The molecule has 4 heteroatoms. The number of methoxy groups -OCH3 is 1. The molecule has 1 heterocycles. The number of amides is 1. The van der Waals surface area contributed by atoms with Crippen LogP contribution in [-0.2, 0) is 4.74 Å². The SMILES string of the molecule is COC(=O)N(C)CC1CCNCC1. The van der Waals surface area contributed by atoms with Gasteiger partial charge < -0.3 is 15.0 Å². The van der Waals surface area contributed by atoms with Gasteiger partial charge in [-0.3, -0.25) is 0 Å². The maximum absolute atomic E-state index is 11.1. The van der Waals surface area contributed by atoms with Crippen molar-refractivity contribution in [3.05, 3.63) is 0 Å². The second-order valence-corrected chi connectivity index (χ2v) is 3.54. The summed E-state index contributed by atoms with van der Waals surface area (Å²) in [6.07, 6.45) is 2.07. The number of ether oxygens (including phenoxy) is 1. The zero-order valence-electron chi connectivity index (χ0n) is 8.38. The summed E-state index contributed by atoms with van der Waals surface area (Å²) in [6, 6.07) is 0. The lowest BCUT2D eigenvalue weighted by molar-refractivity contribution is 0.124. The highest BCUT2D eigenvalue weighted by atomic mass is 16.5. The molecule has 0 atom stereocenters. The van der Waals surface area contributed by atoms with Gasteiger partial charge in [0.15, 0.2) is 0 Å². The third kappa shape index (κ3) is 3.22. The summed E-state index contributed by atoms with van der Waals surface area (Å²) in [4.78, 5) is 12.7. The first-order chi connectivity index (χ1) is 6.24. The molecule has 1 aliphatic heterocycles. The van der Waals surface area contributed by atoms with E-state index >= 15 is 0 Å². The lowest BCUT2D eigenvalue weighted by atomic mass is 9.98. The Kier molecular flexibility index (Phi) is 4.02. The van der Waals surface area contributed by atoms with Gasteiger partial charge in [-0.2, -0.15) is 0 Å². The first kappa shape index (κ1) is 10.3. The van der Waals surface area contributed by atoms with E-state index < -0.39 is 0 Å². The van der Waals surface area contributed by atoms with Crippen LogP contribution in [0.5, 0.6) is 0 Å². The van der Waals surface area contributed by atoms with Gasteiger partial charge in [0.2, 0.25) is 0 Å². The van der Waals surface area contributed by atoms with Crippen molar-refractivity contribution in [3.8, 4) is 0 Å². The number of rotatable bonds is 2. The minimum absolute atomic E-state index is 0.237. The van der Waals surface area contributed by atoms with E-state index in [0.29, 0.717) is 5.92 Å². The van der Waals surface area contributed by atoms with Gasteiger partial charge in [-0.25, -0.2) is 4.79 Å². The molecule has 76 valence electrons. The number of hydrogen-bond acceptors (Lipinski definition) is 3. The van der Waals surface area contributed by atoms with E-state index in [9.17, 15) is 4.79 Å². The molecule has 1 aliphatic rings. The Morgan fingerprint density at radius 2 is 2.15 bits per heavy atom. The molecule has 0 bridgehead atoms. The van der Waals surface area contributed by atoms with Crippen LogP contribution in [0.2, 0.25) is 0 Å². The quantitative estimate of drug-likeness (QED) is 0.689. The molecule has 0 aliphatic carbocycles. The number of piperidine rings is 1. The molecule has 0 unspecified atom stereocenters. The Morgan fingerprint density at radius 3 is 2.69 bits per heavy atom. The largest absolute Gasteiger partial charge is 0.453 e. The van der Waals surface area contributed by atoms with Gasteiger partial charge in [0.1, 0.15) is 0 Å². The fourth-order valence-corrected chi connectivity index (χ4v) is 1.68. The molecule has 4 nitrogen and oxygen atoms in total. The second kappa shape index (κ2) is 5.07. The van der Waals surface area contributed by atoms with Gasteiger partial charge in [0, 0.05) is 13.6 Å². The van der Waals surface area contributed by atoms with Gasteiger partial charge in [0.05, 0.1) is 7.11 Å². The van der Waals surface area contributed by atoms with Gasteiger partial charge in [-0.1, -0.05) is 0 Å². The minimum atomic E-state index is -0.237. The lowest BCUT2D eigenvalue weighted by Crippen LogP contribution is -2.37. The summed E-state index contributed by atoms with van der Waals surface area (Å²) in [5, 5.41) is 3.30. The van der Waals surface area contributed by atoms with Crippen molar-refractivity contribution in [2.75, 3.05) is 33.8 Å². The molecule has 1 rings (SSSR count). The summed E-state index contributed by atoms with van der Waals surface area (Å²) < 4.78 is 4.62. The van der Waals surface area contributed by atoms with E-state index in [2.05, 4.69) is 10.1 Å². The van der Waals surface area contributed by atoms with Crippen LogP contribution in [0, 0.1) is 5.92 Å². The molecule has 1 amide bonds. The smallest absolute Gasteiger partial charge is 0.409 e. The van der Waals surface area contributed by atoms with E-state index in [1.165, 1.54) is 7.11 Å². The van der Waals surface area contributed by atoms with Crippen molar-refractivity contribution in [2.45, 2.75) is 12.8 Å². The lowest BCUT2D eigenvalue weighted by Gasteiger charge is -2.26. The zero-order valence-corrected chi connectivity index (χ0v) is 8.38. The first-order valence-electron chi connectivity index (χ1n) is 4.74. The molecule has 0 saturated carbocycles. The molecule has 0 radical (unpaired) electrons. The summed E-state index contributed by atoms with van der Waals surface area (Å²) in [6.45, 7) is 2.95. The van der Waals surface area contributed by atoms with Crippen LogP contribution in [0.3, 0.4) is 0 Å². The number of carbonyl (C=O) groups is 1. The predicted octanol–water partition coefficient (Wildman–Crippen LogP) is 0.684. The van der Waals surface area contributed by atoms with E-state index in [1.807, 2.05) is 0 Å². The number of nitrogens with zero attached hydrogens (tertiary/aromatic N) is 1. The van der Waals surface area contributed by atoms with E-state index in [0.717, 1.165) is 32.5 Å². The maximum atomic E-state index is 11.1. The van der Waals surface area contributed by atoms with Crippen molar-refractivity contribution >= 4 is 6.09 Å².